The van der Waals surface area contributed by atoms with E-state index in [4.69, 9.17) is 0 Å². The first-order valence-corrected chi connectivity index (χ1v) is 24.2. The van der Waals surface area contributed by atoms with Crippen molar-refractivity contribution in [2.75, 3.05) is 58.9 Å². The summed E-state index contributed by atoms with van der Waals surface area (Å²) >= 11 is 0. The van der Waals surface area contributed by atoms with Crippen molar-refractivity contribution in [3.05, 3.63) is 133 Å². The first-order chi connectivity index (χ1) is 36.6. The van der Waals surface area contributed by atoms with Crippen LogP contribution in [0.5, 0.6) is 0 Å². The number of nitro groups is 6. The van der Waals surface area contributed by atoms with E-state index in [0.29, 0.717) is 119 Å². The van der Waals surface area contributed by atoms with Gasteiger partial charge in [0.25, 0.3) is 0 Å². The molecule has 77 heavy (non-hydrogen) atoms. The summed E-state index contributed by atoms with van der Waals surface area (Å²) in [6, 6.07) is 0. The van der Waals surface area contributed by atoms with Crippen molar-refractivity contribution in [1.82, 2.24) is 72.0 Å². The van der Waals surface area contributed by atoms with Crippen molar-refractivity contribution in [1.29, 1.82) is 0 Å². The van der Waals surface area contributed by atoms with E-state index in [1.54, 1.807) is 46.1 Å². The molecule has 34 nitrogen and oxygen atoms in total. The van der Waals surface area contributed by atoms with Gasteiger partial charge in [-0.15, -0.1) is 0 Å². The average Bonchev–Trinajstić information content (AvgIpc) is 4.25. The number of aromatic nitrogens is 12. The summed E-state index contributed by atoms with van der Waals surface area (Å²) < 4.78 is 8.88. The molecule has 34 heteroatoms. The van der Waals surface area contributed by atoms with E-state index in [-0.39, 0.29) is 74.2 Å². The van der Waals surface area contributed by atoms with Crippen LogP contribution in [0.1, 0.15) is 54.2 Å². The third kappa shape index (κ3) is 15.9. The third-order valence-corrected chi connectivity index (χ3v) is 12.9. The van der Waals surface area contributed by atoms with Crippen molar-refractivity contribution in [2.24, 2.45) is 0 Å². The molecule has 0 spiro atoms. The molecular formula is C43H61N21O13. The summed E-state index contributed by atoms with van der Waals surface area (Å²) in [5.41, 5.74) is 0. The summed E-state index contributed by atoms with van der Waals surface area (Å²) in [6.07, 6.45) is 9.78. The van der Waals surface area contributed by atoms with Crippen molar-refractivity contribution in [2.45, 2.75) is 100 Å². The lowest BCUT2D eigenvalue weighted by Crippen LogP contribution is -2.36. The second-order valence-corrected chi connectivity index (χ2v) is 17.6. The summed E-state index contributed by atoms with van der Waals surface area (Å²) in [4.78, 5) is 107. The first kappa shape index (κ1) is 59.1. The Kier molecular flexibility index (Phi) is 21.2. The Hall–Kier alpha value is -8.79. The number of unbranched alkanes of at least 4 members (excludes halogenated alkanes) is 1. The van der Waals surface area contributed by atoms with Crippen LogP contribution in [0.2, 0.25) is 0 Å². The number of aryl methyl sites for hydroxylation is 6. The van der Waals surface area contributed by atoms with Crippen LogP contribution in [-0.2, 0) is 44.1 Å². The minimum atomic E-state index is -0.566. The fraction of sp³-hybridized carbons (Fsp3) is 0.558. The fourth-order valence-electron chi connectivity index (χ4n) is 8.70. The number of carbonyl (C=O) groups excluding carboxylic acids is 1. The van der Waals surface area contributed by atoms with Crippen LogP contribution in [0.3, 0.4) is 0 Å². The lowest BCUT2D eigenvalue weighted by atomic mass is 10.2. The van der Waals surface area contributed by atoms with Gasteiger partial charge in [0, 0.05) is 74.3 Å². The topological polar surface area (TPSA) is 393 Å². The minimum Gasteiger partial charge on any atom is -0.358 e. The highest BCUT2D eigenvalue weighted by Crippen LogP contribution is 2.20. The third-order valence-electron chi connectivity index (χ3n) is 12.9. The van der Waals surface area contributed by atoms with E-state index in [0.717, 1.165) is 6.20 Å². The van der Waals surface area contributed by atoms with Crippen LogP contribution in [-0.4, -0.2) is 167 Å². The molecule has 6 aromatic heterocycles. The van der Waals surface area contributed by atoms with Crippen molar-refractivity contribution >= 4 is 41.2 Å². The summed E-state index contributed by atoms with van der Waals surface area (Å²) in [5, 5.41) is 69.0. The highest BCUT2D eigenvalue weighted by Gasteiger charge is 2.25. The SMILES string of the molecule is Cc1ncc([N+](=O)[O-])n1CC=O.Cc1ncc([N+](=O)[O-])n1CCN(CCCCN(CCn1c([N+](=O)[O-])cnc1C)CCn1c([N+](=O)[O-])cnc1C)CCCN(CCn1c([N+](=O)[O-])cnc1C)CCn1c([N+](=O)[O-])cnc1C. The quantitative estimate of drug-likeness (QED) is 0.0250. The number of rotatable bonds is 32. The maximum absolute atomic E-state index is 11.8. The first-order valence-electron chi connectivity index (χ1n) is 24.2. The van der Waals surface area contributed by atoms with Crippen molar-refractivity contribution in [3.63, 3.8) is 0 Å². The van der Waals surface area contributed by atoms with Gasteiger partial charge >= 0.3 is 34.9 Å². The van der Waals surface area contributed by atoms with E-state index < -0.39 is 29.5 Å². The van der Waals surface area contributed by atoms with Gasteiger partial charge in [-0.2, -0.15) is 0 Å². The Bertz CT molecular complexity index is 2900. The molecule has 0 amide bonds. The number of aldehydes is 1. The van der Waals surface area contributed by atoms with E-state index in [1.165, 1.54) is 53.8 Å². The average molecular weight is 1080 g/mol. The van der Waals surface area contributed by atoms with Gasteiger partial charge in [0.2, 0.25) is 0 Å². The van der Waals surface area contributed by atoms with Gasteiger partial charge in [-0.1, -0.05) is 0 Å². The number of hydrogen-bond donors (Lipinski definition) is 0. The molecule has 0 fully saturated rings. The van der Waals surface area contributed by atoms with Gasteiger partial charge in [-0.3, -0.25) is 19.5 Å². The monoisotopic (exact) mass is 1080 g/mol. The number of hydrogen-bond acceptors (Lipinski definition) is 22. The maximum atomic E-state index is 11.8. The molecule has 0 aliphatic carbocycles. The second kappa shape index (κ2) is 27.7. The predicted molar refractivity (Wildman–Crippen MR) is 271 cm³/mol. The van der Waals surface area contributed by atoms with Crippen LogP contribution in [0.15, 0.2) is 37.2 Å². The molecule has 0 saturated carbocycles. The van der Waals surface area contributed by atoms with Gasteiger partial charge in [-0.25, -0.2) is 57.3 Å². The second-order valence-electron chi connectivity index (χ2n) is 17.6. The van der Waals surface area contributed by atoms with Crippen LogP contribution >= 0.6 is 0 Å². The molecule has 416 valence electrons. The fourth-order valence-corrected chi connectivity index (χ4v) is 8.70. The van der Waals surface area contributed by atoms with Gasteiger partial charge in [-0.05, 0) is 75.0 Å². The Morgan fingerprint density at radius 2 is 0.545 bits per heavy atom. The molecule has 0 bridgehead atoms. The molecule has 0 aliphatic heterocycles. The van der Waals surface area contributed by atoms with Crippen LogP contribution in [0, 0.1) is 102 Å². The standard InChI is InChI=1S/C37H54N18O10.C6H7N3O3/c1-28-38-23-33(51(56)57)46(28)18-13-43(11-8-12-45(16-21-49-31(4)41-26-36(49)54(62)63)17-22-50-32(5)42-27-37(50)55(64)65)9-6-7-10-44(14-19-47-29(2)39-24-34(47)52(58)59)15-20-48-30(3)40-25-35(48)53(60)61;1-5-7-4-6(9(11)12)8(5)2-3-10/h23-27H,6-22H2,1-5H3;3-4H,2H2,1H3. The highest BCUT2D eigenvalue weighted by molar-refractivity contribution is 5.50. The zero-order chi connectivity index (χ0) is 56.5. The Morgan fingerprint density at radius 3 is 0.766 bits per heavy atom. The molecule has 0 atom stereocenters. The molecule has 0 radical (unpaired) electrons. The Balaban J connectivity index is 0.000000801. The summed E-state index contributed by atoms with van der Waals surface area (Å²) in [7, 11) is 0. The lowest BCUT2D eigenvalue weighted by molar-refractivity contribution is -0.392. The van der Waals surface area contributed by atoms with Gasteiger partial charge < -0.3 is 60.7 Å². The van der Waals surface area contributed by atoms with E-state index in [1.807, 2.05) is 0 Å². The minimum absolute atomic E-state index is 0.0256. The van der Waals surface area contributed by atoms with Gasteiger partial charge in [0.15, 0.2) is 41.2 Å². The number of carbonyl (C=O) groups is 1. The van der Waals surface area contributed by atoms with E-state index in [9.17, 15) is 65.5 Å². The molecule has 0 aliphatic rings. The number of imidazole rings is 6. The van der Waals surface area contributed by atoms with Crippen LogP contribution in [0.25, 0.3) is 0 Å². The van der Waals surface area contributed by atoms with Crippen molar-refractivity contribution < 1.29 is 34.3 Å². The molecule has 0 saturated heterocycles. The Labute approximate surface area is 438 Å². The number of nitrogens with zero attached hydrogens (tertiary/aromatic N) is 21. The molecule has 6 rings (SSSR count). The molecule has 0 unspecified atom stereocenters. The molecule has 0 N–H and O–H groups in total. The molecule has 0 aromatic carbocycles. The molecule has 6 heterocycles. The zero-order valence-corrected chi connectivity index (χ0v) is 43.5. The molecular weight excluding hydrogens is 1020 g/mol. The highest BCUT2D eigenvalue weighted by atomic mass is 16.6. The smallest absolute Gasteiger partial charge is 0.343 e. The molecule has 6 aromatic rings. The predicted octanol–water partition coefficient (Wildman–Crippen LogP) is 3.93. The Morgan fingerprint density at radius 1 is 0.351 bits per heavy atom. The van der Waals surface area contributed by atoms with E-state index in [2.05, 4.69) is 44.6 Å². The van der Waals surface area contributed by atoms with Crippen LogP contribution in [0.4, 0.5) is 34.9 Å². The van der Waals surface area contributed by atoms with Crippen molar-refractivity contribution in [3.8, 4) is 0 Å². The van der Waals surface area contributed by atoms with E-state index >= 15 is 0 Å². The largest absolute Gasteiger partial charge is 0.358 e. The normalized spacial score (nSPS) is 11.4. The van der Waals surface area contributed by atoms with Crippen LogP contribution < -0.4 is 0 Å². The summed E-state index contributed by atoms with van der Waals surface area (Å²) in [5.74, 6) is 2.03. The zero-order valence-electron chi connectivity index (χ0n) is 43.5. The maximum Gasteiger partial charge on any atom is 0.343 e. The summed E-state index contributed by atoms with van der Waals surface area (Å²) in [6.45, 7) is 15.5. The lowest BCUT2D eigenvalue weighted by Gasteiger charge is -2.26. The van der Waals surface area contributed by atoms with Gasteiger partial charge in [0.1, 0.15) is 76.4 Å². The van der Waals surface area contributed by atoms with Gasteiger partial charge in [0.05, 0.1) is 0 Å².